The molecule has 3 nitrogen and oxygen atoms in total. The molecule has 0 aliphatic rings. The fourth-order valence-electron chi connectivity index (χ4n) is 2.00. The van der Waals surface area contributed by atoms with E-state index in [0.29, 0.717) is 6.54 Å². The molecule has 0 spiro atoms. The third kappa shape index (κ3) is 3.84. The Morgan fingerprint density at radius 1 is 1.25 bits per heavy atom. The average molecular weight is 354 g/mol. The monoisotopic (exact) mass is 353 g/mol. The van der Waals surface area contributed by atoms with Gasteiger partial charge in [-0.2, -0.15) is 0 Å². The highest BCUT2D eigenvalue weighted by Crippen LogP contribution is 2.26. The van der Waals surface area contributed by atoms with Gasteiger partial charge in [0.1, 0.15) is 0 Å². The minimum Gasteiger partial charge on any atom is -0.481 e. The number of thiophene rings is 1. The summed E-state index contributed by atoms with van der Waals surface area (Å²) in [5.74, 6) is -0.787. The number of carboxylic acids is 1. The van der Waals surface area contributed by atoms with Gasteiger partial charge in [-0.1, -0.05) is 15.9 Å². The molecular formula is C15H16BrNO2S. The maximum Gasteiger partial charge on any atom is 0.308 e. The summed E-state index contributed by atoms with van der Waals surface area (Å²) in [6, 6.07) is 8.06. The second-order valence-corrected chi connectivity index (χ2v) is 6.76. The van der Waals surface area contributed by atoms with Gasteiger partial charge in [-0.25, -0.2) is 0 Å². The number of halogens is 1. The van der Waals surface area contributed by atoms with E-state index >= 15 is 0 Å². The Hall–Kier alpha value is -1.33. The maximum absolute atomic E-state index is 10.7. The predicted molar refractivity (Wildman–Crippen MR) is 86.6 cm³/mol. The van der Waals surface area contributed by atoms with Crippen molar-refractivity contribution < 1.29 is 9.90 Å². The van der Waals surface area contributed by atoms with E-state index in [2.05, 4.69) is 47.2 Å². The van der Waals surface area contributed by atoms with Gasteiger partial charge < -0.3 is 10.4 Å². The van der Waals surface area contributed by atoms with Gasteiger partial charge in [0, 0.05) is 26.5 Å². The minimum absolute atomic E-state index is 0.0984. The molecule has 1 aromatic heterocycles. The molecule has 0 unspecified atom stereocenters. The topological polar surface area (TPSA) is 49.3 Å². The molecule has 1 heterocycles. The van der Waals surface area contributed by atoms with Crippen LogP contribution in [0.25, 0.3) is 0 Å². The Morgan fingerprint density at radius 3 is 2.45 bits per heavy atom. The van der Waals surface area contributed by atoms with Crippen molar-refractivity contribution in [3.05, 3.63) is 49.6 Å². The highest BCUT2D eigenvalue weighted by molar-refractivity contribution is 9.10. The first-order valence-electron chi connectivity index (χ1n) is 6.25. The Balaban J connectivity index is 2.02. The molecule has 0 atom stereocenters. The standard InChI is InChI=1S/C15H16BrNO2S/c1-9-5-11(6-10(2)15(9)16)17-8-13-4-3-12(20-13)7-14(18)19/h3-6,17H,7-8H2,1-2H3,(H,18,19). The van der Waals surface area contributed by atoms with Crippen LogP contribution in [0, 0.1) is 13.8 Å². The van der Waals surface area contributed by atoms with Crippen LogP contribution in [0.2, 0.25) is 0 Å². The highest BCUT2D eigenvalue weighted by Gasteiger charge is 2.06. The molecule has 0 saturated carbocycles. The van der Waals surface area contributed by atoms with E-state index in [1.54, 1.807) is 0 Å². The number of aliphatic carboxylic acids is 1. The molecule has 5 heteroatoms. The molecule has 0 aliphatic carbocycles. The smallest absolute Gasteiger partial charge is 0.308 e. The van der Waals surface area contributed by atoms with E-state index in [4.69, 9.17) is 5.11 Å². The van der Waals surface area contributed by atoms with Crippen LogP contribution in [-0.2, 0) is 17.8 Å². The number of rotatable bonds is 5. The van der Waals surface area contributed by atoms with Crippen molar-refractivity contribution in [1.82, 2.24) is 0 Å². The van der Waals surface area contributed by atoms with E-state index in [0.717, 1.165) is 19.9 Å². The molecule has 0 bridgehead atoms. The lowest BCUT2D eigenvalue weighted by Crippen LogP contribution is -1.99. The lowest BCUT2D eigenvalue weighted by Gasteiger charge is -2.09. The van der Waals surface area contributed by atoms with E-state index < -0.39 is 5.97 Å². The molecular weight excluding hydrogens is 338 g/mol. The van der Waals surface area contributed by atoms with Gasteiger partial charge in [-0.05, 0) is 49.2 Å². The number of nitrogens with one attached hydrogen (secondary N) is 1. The first kappa shape index (κ1) is 15.1. The van der Waals surface area contributed by atoms with Gasteiger partial charge in [-0.3, -0.25) is 4.79 Å². The number of anilines is 1. The van der Waals surface area contributed by atoms with Gasteiger partial charge in [0.2, 0.25) is 0 Å². The number of hydrogen-bond donors (Lipinski definition) is 2. The summed E-state index contributed by atoms with van der Waals surface area (Å²) in [5, 5.41) is 12.1. The first-order chi connectivity index (χ1) is 9.45. The van der Waals surface area contributed by atoms with Crippen molar-refractivity contribution in [1.29, 1.82) is 0 Å². The van der Waals surface area contributed by atoms with E-state index in [1.165, 1.54) is 22.5 Å². The van der Waals surface area contributed by atoms with E-state index in [1.807, 2.05) is 12.1 Å². The Labute approximate surface area is 130 Å². The van der Waals surface area contributed by atoms with Crippen LogP contribution >= 0.6 is 27.3 Å². The van der Waals surface area contributed by atoms with Crippen molar-refractivity contribution in [2.75, 3.05) is 5.32 Å². The SMILES string of the molecule is Cc1cc(NCc2ccc(CC(=O)O)s2)cc(C)c1Br. The predicted octanol–water partition coefficient (Wildman–Crippen LogP) is 4.37. The molecule has 1 aromatic carbocycles. The first-order valence-corrected chi connectivity index (χ1v) is 7.86. The fourth-order valence-corrected chi connectivity index (χ4v) is 3.18. The van der Waals surface area contributed by atoms with Gasteiger partial charge in [0.05, 0.1) is 6.42 Å². The number of carboxylic acid groups (broad SMARTS) is 1. The summed E-state index contributed by atoms with van der Waals surface area (Å²) in [4.78, 5) is 12.7. The minimum atomic E-state index is -0.787. The highest BCUT2D eigenvalue weighted by atomic mass is 79.9. The quantitative estimate of drug-likeness (QED) is 0.839. The summed E-state index contributed by atoms with van der Waals surface area (Å²) < 4.78 is 1.14. The Kier molecular flexibility index (Phi) is 4.83. The van der Waals surface area contributed by atoms with Gasteiger partial charge >= 0.3 is 5.97 Å². The summed E-state index contributed by atoms with van der Waals surface area (Å²) in [6.45, 7) is 4.85. The molecule has 20 heavy (non-hydrogen) atoms. The van der Waals surface area contributed by atoms with Crippen LogP contribution in [0.1, 0.15) is 20.9 Å². The van der Waals surface area contributed by atoms with Crippen molar-refractivity contribution in [3.8, 4) is 0 Å². The third-order valence-corrected chi connectivity index (χ3v) is 5.28. The Morgan fingerprint density at radius 2 is 1.85 bits per heavy atom. The van der Waals surface area contributed by atoms with Gasteiger partial charge in [0.15, 0.2) is 0 Å². The second-order valence-electron chi connectivity index (χ2n) is 4.72. The molecule has 2 aromatic rings. The van der Waals surface area contributed by atoms with Crippen LogP contribution < -0.4 is 5.32 Å². The molecule has 0 saturated heterocycles. The zero-order valence-corrected chi connectivity index (χ0v) is 13.8. The molecule has 0 aliphatic heterocycles. The van der Waals surface area contributed by atoms with Crippen molar-refractivity contribution in [2.45, 2.75) is 26.8 Å². The summed E-state index contributed by atoms with van der Waals surface area (Å²) in [7, 11) is 0. The molecule has 0 amide bonds. The van der Waals surface area contributed by atoms with Crippen molar-refractivity contribution in [2.24, 2.45) is 0 Å². The molecule has 106 valence electrons. The zero-order chi connectivity index (χ0) is 14.7. The fraction of sp³-hybridized carbons (Fsp3) is 0.267. The number of aryl methyl sites for hydroxylation is 2. The third-order valence-electron chi connectivity index (χ3n) is 2.95. The largest absolute Gasteiger partial charge is 0.481 e. The lowest BCUT2D eigenvalue weighted by molar-refractivity contribution is -0.136. The van der Waals surface area contributed by atoms with Crippen LogP contribution in [0.3, 0.4) is 0 Å². The van der Waals surface area contributed by atoms with Crippen molar-refractivity contribution in [3.63, 3.8) is 0 Å². The average Bonchev–Trinajstić information content (AvgIpc) is 2.80. The Bertz CT molecular complexity index is 614. The molecule has 2 N–H and O–H groups in total. The maximum atomic E-state index is 10.7. The number of carbonyl (C=O) groups is 1. The van der Waals surface area contributed by atoms with Crippen LogP contribution in [0.15, 0.2) is 28.7 Å². The van der Waals surface area contributed by atoms with Crippen molar-refractivity contribution >= 4 is 38.9 Å². The van der Waals surface area contributed by atoms with Gasteiger partial charge in [-0.15, -0.1) is 11.3 Å². The van der Waals surface area contributed by atoms with Crippen LogP contribution in [0.5, 0.6) is 0 Å². The molecule has 2 rings (SSSR count). The molecule has 0 fully saturated rings. The van der Waals surface area contributed by atoms with Crippen LogP contribution in [-0.4, -0.2) is 11.1 Å². The lowest BCUT2D eigenvalue weighted by atomic mass is 10.1. The van der Waals surface area contributed by atoms with E-state index in [9.17, 15) is 4.79 Å². The summed E-state index contributed by atoms with van der Waals surface area (Å²) >= 11 is 5.09. The molecule has 0 radical (unpaired) electrons. The van der Waals surface area contributed by atoms with Gasteiger partial charge in [0.25, 0.3) is 0 Å². The number of hydrogen-bond acceptors (Lipinski definition) is 3. The number of benzene rings is 1. The summed E-state index contributed by atoms with van der Waals surface area (Å²) in [6.07, 6.45) is 0.0984. The zero-order valence-electron chi connectivity index (χ0n) is 11.4. The van der Waals surface area contributed by atoms with Crippen LogP contribution in [0.4, 0.5) is 5.69 Å². The summed E-state index contributed by atoms with van der Waals surface area (Å²) in [5.41, 5.74) is 3.48. The van der Waals surface area contributed by atoms with E-state index in [-0.39, 0.29) is 6.42 Å². The second kappa shape index (κ2) is 6.41. The normalized spacial score (nSPS) is 10.6.